The molecule has 0 radical (unpaired) electrons. The first-order chi connectivity index (χ1) is 13.2. The first-order valence-electron chi connectivity index (χ1n) is 9.36. The summed E-state index contributed by atoms with van der Waals surface area (Å²) in [6.07, 6.45) is 2.33. The Balaban J connectivity index is 1.54. The molecule has 27 heavy (non-hydrogen) atoms. The van der Waals surface area contributed by atoms with E-state index in [4.69, 9.17) is 4.74 Å². The van der Waals surface area contributed by atoms with Crippen molar-refractivity contribution in [2.75, 3.05) is 26.7 Å². The van der Waals surface area contributed by atoms with Gasteiger partial charge in [0.2, 0.25) is 0 Å². The van der Waals surface area contributed by atoms with Gasteiger partial charge < -0.3 is 15.0 Å². The van der Waals surface area contributed by atoms with Gasteiger partial charge in [-0.1, -0.05) is 6.07 Å². The number of aromatic amines is 1. The number of H-pyrrole nitrogens is 1. The summed E-state index contributed by atoms with van der Waals surface area (Å²) in [5, 5.41) is 13.5. The molecule has 0 aliphatic carbocycles. The molecule has 0 unspecified atom stereocenters. The molecule has 3 saturated heterocycles. The summed E-state index contributed by atoms with van der Waals surface area (Å²) in [5.74, 6) is 1.23. The number of rotatable bonds is 4. The van der Waals surface area contributed by atoms with Gasteiger partial charge in [-0.05, 0) is 55.4 Å². The summed E-state index contributed by atoms with van der Waals surface area (Å²) in [4.78, 5) is 16.6. The number of thiophene rings is 1. The van der Waals surface area contributed by atoms with Crippen molar-refractivity contribution in [3.63, 3.8) is 0 Å². The normalized spacial score (nSPS) is 24.3. The number of hydrogen-bond acceptors (Lipinski definition) is 5. The number of methoxy groups -OCH3 is 1. The molecule has 3 aliphatic rings. The first-order valence-corrected chi connectivity index (χ1v) is 10.2. The minimum absolute atomic E-state index is 0.106. The topological polar surface area (TPSA) is 70.2 Å². The van der Waals surface area contributed by atoms with Crippen LogP contribution in [-0.4, -0.2) is 53.8 Å². The molecule has 6 nitrogen and oxygen atoms in total. The predicted molar refractivity (Wildman–Crippen MR) is 106 cm³/mol. The third-order valence-corrected chi connectivity index (χ3v) is 6.75. The number of piperidine rings is 3. The van der Waals surface area contributed by atoms with E-state index in [9.17, 15) is 4.79 Å². The Labute approximate surface area is 161 Å². The van der Waals surface area contributed by atoms with Gasteiger partial charge in [0.25, 0.3) is 5.91 Å². The lowest BCUT2D eigenvalue weighted by Gasteiger charge is -2.44. The van der Waals surface area contributed by atoms with E-state index < -0.39 is 0 Å². The molecule has 0 saturated carbocycles. The molecule has 0 spiro atoms. The predicted octanol–water partition coefficient (Wildman–Crippen LogP) is 3.12. The summed E-state index contributed by atoms with van der Waals surface area (Å²) >= 11 is 1.63. The zero-order chi connectivity index (χ0) is 18.4. The maximum absolute atomic E-state index is 13.1. The van der Waals surface area contributed by atoms with Crippen molar-refractivity contribution in [1.82, 2.24) is 20.4 Å². The lowest BCUT2D eigenvalue weighted by molar-refractivity contribution is 0.0618. The zero-order valence-corrected chi connectivity index (χ0v) is 16.0. The number of nitrogens with zero attached hydrogens (tertiary/aromatic N) is 2. The third-order valence-electron chi connectivity index (χ3n) is 5.87. The van der Waals surface area contributed by atoms with Gasteiger partial charge in [0.1, 0.15) is 5.75 Å². The summed E-state index contributed by atoms with van der Waals surface area (Å²) in [6.45, 7) is 3.25. The van der Waals surface area contributed by atoms with Gasteiger partial charge >= 0.3 is 0 Å². The molecule has 1 amide bonds. The van der Waals surface area contributed by atoms with Crippen LogP contribution in [0, 0.1) is 5.92 Å². The number of fused-ring (bicyclic) bond motifs is 4. The zero-order valence-electron chi connectivity index (χ0n) is 15.2. The van der Waals surface area contributed by atoms with Gasteiger partial charge in [-0.3, -0.25) is 9.89 Å². The number of hydrogen-bond donors (Lipinski definition) is 2. The standard InChI is InChI=1S/C20H22N4O2S/c1-26-15-5-4-13-17(18(15)16-3-2-10-27-16)19(23-22-13)20(25)21-14-11-24-8-6-12(14)7-9-24/h2-5,10,12,14H,6-9,11H2,1H3,(H,21,25)(H,22,23)/t14-/m1/s1. The van der Waals surface area contributed by atoms with Crippen LogP contribution in [0.3, 0.4) is 0 Å². The Hall–Kier alpha value is -2.38. The second-order valence-corrected chi connectivity index (χ2v) is 8.28. The highest BCUT2D eigenvalue weighted by atomic mass is 32.1. The van der Waals surface area contributed by atoms with Gasteiger partial charge in [0.05, 0.1) is 12.6 Å². The molecule has 3 aliphatic heterocycles. The number of nitrogens with one attached hydrogen (secondary N) is 2. The van der Waals surface area contributed by atoms with Crippen LogP contribution in [0.15, 0.2) is 29.6 Å². The highest BCUT2D eigenvalue weighted by Gasteiger charge is 2.35. The van der Waals surface area contributed by atoms with Crippen LogP contribution in [0.25, 0.3) is 21.3 Å². The Morgan fingerprint density at radius 1 is 1.33 bits per heavy atom. The van der Waals surface area contributed by atoms with Crippen molar-refractivity contribution in [1.29, 1.82) is 0 Å². The lowest BCUT2D eigenvalue weighted by atomic mass is 9.84. The van der Waals surface area contributed by atoms with Gasteiger partial charge in [-0.25, -0.2) is 0 Å². The van der Waals surface area contributed by atoms with Crippen LogP contribution in [0.5, 0.6) is 5.75 Å². The van der Waals surface area contributed by atoms with Crippen molar-refractivity contribution in [2.24, 2.45) is 5.92 Å². The summed E-state index contributed by atoms with van der Waals surface area (Å²) in [7, 11) is 1.66. The quantitative estimate of drug-likeness (QED) is 0.727. The van der Waals surface area contributed by atoms with Crippen LogP contribution in [0.4, 0.5) is 0 Å². The van der Waals surface area contributed by atoms with E-state index in [1.54, 1.807) is 18.4 Å². The van der Waals surface area contributed by atoms with E-state index in [1.165, 1.54) is 12.8 Å². The van der Waals surface area contributed by atoms with Crippen LogP contribution < -0.4 is 10.1 Å². The van der Waals surface area contributed by atoms with Crippen molar-refractivity contribution in [3.8, 4) is 16.2 Å². The highest BCUT2D eigenvalue weighted by Crippen LogP contribution is 2.40. The van der Waals surface area contributed by atoms with E-state index in [1.807, 2.05) is 29.6 Å². The molecule has 1 aromatic carbocycles. The van der Waals surface area contributed by atoms with Crippen LogP contribution in [0.2, 0.25) is 0 Å². The average Bonchev–Trinajstić information content (AvgIpc) is 3.38. The van der Waals surface area contributed by atoms with E-state index in [0.717, 1.165) is 46.7 Å². The SMILES string of the molecule is COc1ccc2[nH]nc(C(=O)N[C@@H]3CN4CCC3CC4)c2c1-c1cccs1. The Bertz CT molecular complexity index is 973. The molecule has 2 aromatic heterocycles. The van der Waals surface area contributed by atoms with Crippen molar-refractivity contribution in [3.05, 3.63) is 35.3 Å². The smallest absolute Gasteiger partial charge is 0.272 e. The third kappa shape index (κ3) is 2.82. The van der Waals surface area contributed by atoms with Gasteiger partial charge in [0, 0.05) is 28.4 Å². The fraction of sp³-hybridized carbons (Fsp3) is 0.400. The minimum atomic E-state index is -0.106. The Morgan fingerprint density at radius 3 is 2.85 bits per heavy atom. The maximum Gasteiger partial charge on any atom is 0.272 e. The molecule has 6 rings (SSSR count). The summed E-state index contributed by atoms with van der Waals surface area (Å²) < 4.78 is 5.60. The molecule has 2 N–H and O–H groups in total. The first kappa shape index (κ1) is 16.8. The fourth-order valence-corrected chi connectivity index (χ4v) is 5.24. The Morgan fingerprint density at radius 2 is 2.19 bits per heavy atom. The maximum atomic E-state index is 13.1. The Kier molecular flexibility index (Phi) is 4.13. The van der Waals surface area contributed by atoms with E-state index >= 15 is 0 Å². The van der Waals surface area contributed by atoms with Crippen LogP contribution in [-0.2, 0) is 0 Å². The molecule has 1 atom stereocenters. The van der Waals surface area contributed by atoms with Crippen LogP contribution in [0.1, 0.15) is 23.3 Å². The van der Waals surface area contributed by atoms with E-state index in [-0.39, 0.29) is 11.9 Å². The lowest BCUT2D eigenvalue weighted by Crippen LogP contribution is -2.57. The van der Waals surface area contributed by atoms with Crippen molar-refractivity contribution < 1.29 is 9.53 Å². The second kappa shape index (κ2) is 6.65. The fourth-order valence-electron chi connectivity index (χ4n) is 4.46. The molecular formula is C20H22N4O2S. The number of carbonyl (C=O) groups is 1. The molecule has 7 heteroatoms. The largest absolute Gasteiger partial charge is 0.496 e. The number of aromatic nitrogens is 2. The van der Waals surface area contributed by atoms with Gasteiger partial charge in [-0.15, -0.1) is 11.3 Å². The van der Waals surface area contributed by atoms with E-state index in [2.05, 4.69) is 20.4 Å². The molecule has 5 heterocycles. The molecular weight excluding hydrogens is 360 g/mol. The van der Waals surface area contributed by atoms with Crippen molar-refractivity contribution >= 4 is 28.1 Å². The molecule has 3 fully saturated rings. The summed E-state index contributed by atoms with van der Waals surface area (Å²) in [6, 6.07) is 8.10. The van der Waals surface area contributed by atoms with E-state index in [0.29, 0.717) is 11.6 Å². The second-order valence-electron chi connectivity index (χ2n) is 7.33. The van der Waals surface area contributed by atoms with Gasteiger partial charge in [0.15, 0.2) is 5.69 Å². The monoisotopic (exact) mass is 382 g/mol. The molecule has 140 valence electrons. The average molecular weight is 382 g/mol. The van der Waals surface area contributed by atoms with Crippen molar-refractivity contribution in [2.45, 2.75) is 18.9 Å². The number of carbonyl (C=O) groups excluding carboxylic acids is 1. The highest BCUT2D eigenvalue weighted by molar-refractivity contribution is 7.13. The molecule has 2 bridgehead atoms. The minimum Gasteiger partial charge on any atom is -0.496 e. The van der Waals surface area contributed by atoms with Gasteiger partial charge in [-0.2, -0.15) is 5.10 Å². The number of benzene rings is 1. The summed E-state index contributed by atoms with van der Waals surface area (Å²) in [5.41, 5.74) is 2.22. The number of ether oxygens (including phenoxy) is 1. The molecule has 3 aromatic rings. The van der Waals surface area contributed by atoms with Crippen LogP contribution >= 0.6 is 11.3 Å². The number of amides is 1.